The van der Waals surface area contributed by atoms with Crippen LogP contribution in [0.4, 0.5) is 10.5 Å². The van der Waals surface area contributed by atoms with Crippen LogP contribution in [0.5, 0.6) is 0 Å². The quantitative estimate of drug-likeness (QED) is 0.643. The van der Waals surface area contributed by atoms with Gasteiger partial charge in [-0.1, -0.05) is 0 Å². The summed E-state index contributed by atoms with van der Waals surface area (Å²) in [6.45, 7) is 0. The van der Waals surface area contributed by atoms with Crippen LogP contribution in [0.2, 0.25) is 0 Å². The van der Waals surface area contributed by atoms with Gasteiger partial charge in [-0.05, 0) is 48.9 Å². The minimum absolute atomic E-state index is 0.141. The van der Waals surface area contributed by atoms with E-state index in [1.54, 1.807) is 24.0 Å². The highest BCUT2D eigenvalue weighted by atomic mass is 32.2. The molecule has 1 aliphatic heterocycles. The molecule has 3 amide bonds. The van der Waals surface area contributed by atoms with Crippen LogP contribution >= 0.6 is 23.1 Å². The first-order chi connectivity index (χ1) is 13.7. The van der Waals surface area contributed by atoms with Crippen molar-refractivity contribution in [2.24, 2.45) is 4.99 Å². The summed E-state index contributed by atoms with van der Waals surface area (Å²) in [7, 11) is 0. The molecule has 28 heavy (non-hydrogen) atoms. The van der Waals surface area contributed by atoms with Crippen LogP contribution in [-0.2, 0) is 4.79 Å². The number of aliphatic imine (C=N–C) groups is 1. The molecule has 0 unspecified atom stereocenters. The monoisotopic (exact) mass is 410 g/mol. The summed E-state index contributed by atoms with van der Waals surface area (Å²) < 4.78 is 0. The number of rotatable bonds is 3. The molecule has 140 valence electrons. The fourth-order valence-electron chi connectivity index (χ4n) is 2.73. The number of thiazole rings is 1. The second-order valence-electron chi connectivity index (χ2n) is 6.41. The molecule has 2 N–H and O–H groups in total. The number of imide groups is 1. The zero-order valence-electron chi connectivity index (χ0n) is 14.5. The topological polar surface area (TPSA) is 103 Å². The number of hydrogen-bond donors (Lipinski definition) is 2. The van der Waals surface area contributed by atoms with Crippen molar-refractivity contribution < 1.29 is 9.59 Å². The lowest BCUT2D eigenvalue weighted by Gasteiger charge is -2.14. The summed E-state index contributed by atoms with van der Waals surface area (Å²) >= 11 is 2.61. The fourth-order valence-corrected chi connectivity index (χ4v) is 4.32. The Morgan fingerprint density at radius 1 is 1.36 bits per heavy atom. The van der Waals surface area contributed by atoms with Gasteiger partial charge in [-0.2, -0.15) is 5.10 Å². The first-order valence-electron chi connectivity index (χ1n) is 8.62. The molecule has 3 aromatic rings. The van der Waals surface area contributed by atoms with Crippen LogP contribution in [0.1, 0.15) is 17.7 Å². The van der Waals surface area contributed by atoms with Crippen LogP contribution in [0.15, 0.2) is 46.0 Å². The minimum atomic E-state index is -0.436. The van der Waals surface area contributed by atoms with Gasteiger partial charge in [-0.25, -0.2) is 14.7 Å². The third-order valence-corrected chi connectivity index (χ3v) is 5.98. The zero-order chi connectivity index (χ0) is 19.1. The number of aromatic nitrogens is 3. The molecule has 0 radical (unpaired) electrons. The minimum Gasteiger partial charge on any atom is -0.335 e. The summed E-state index contributed by atoms with van der Waals surface area (Å²) in [5, 5.41) is 11.1. The van der Waals surface area contributed by atoms with Crippen LogP contribution < -0.4 is 5.32 Å². The molecule has 0 spiro atoms. The molecule has 2 aliphatic rings. The Hall–Kier alpha value is -2.98. The van der Waals surface area contributed by atoms with Crippen molar-refractivity contribution in [2.75, 3.05) is 0 Å². The molecule has 1 aliphatic carbocycles. The highest BCUT2D eigenvalue weighted by molar-refractivity contribution is 8.18. The SMILES string of the molecule is O=C(NC1CC1)N1C(=O)C(=Cc2cncs2)SC1=Nc1ccc2cn[nH]c2c1. The van der Waals surface area contributed by atoms with Gasteiger partial charge in [0.25, 0.3) is 5.91 Å². The molecule has 0 atom stereocenters. The van der Waals surface area contributed by atoms with Gasteiger partial charge in [0.15, 0.2) is 5.17 Å². The molecule has 1 aromatic carbocycles. The second kappa shape index (κ2) is 6.88. The number of carbonyl (C=O) groups is 2. The highest BCUT2D eigenvalue weighted by Gasteiger charge is 2.40. The van der Waals surface area contributed by atoms with E-state index in [1.165, 1.54) is 23.1 Å². The van der Waals surface area contributed by atoms with E-state index in [-0.39, 0.29) is 11.9 Å². The molecule has 2 fully saturated rings. The number of amides is 3. The second-order valence-corrected chi connectivity index (χ2v) is 8.34. The Bertz CT molecular complexity index is 1130. The van der Waals surface area contributed by atoms with Crippen molar-refractivity contribution in [1.29, 1.82) is 0 Å². The number of amidine groups is 1. The number of nitrogens with zero attached hydrogens (tertiary/aromatic N) is 4. The summed E-state index contributed by atoms with van der Waals surface area (Å²) in [6, 6.07) is 5.26. The molecule has 5 rings (SSSR count). The van der Waals surface area contributed by atoms with Crippen molar-refractivity contribution in [1.82, 2.24) is 25.4 Å². The number of fused-ring (bicyclic) bond motifs is 1. The summed E-state index contributed by atoms with van der Waals surface area (Å²) in [5.74, 6) is -0.377. The highest BCUT2D eigenvalue weighted by Crippen LogP contribution is 2.35. The molecule has 1 saturated heterocycles. The van der Waals surface area contributed by atoms with Gasteiger partial charge in [-0.15, -0.1) is 11.3 Å². The predicted octanol–water partition coefficient (Wildman–Crippen LogP) is 3.50. The number of nitrogens with one attached hydrogen (secondary N) is 2. The molecule has 2 aromatic heterocycles. The third kappa shape index (κ3) is 3.32. The van der Waals surface area contributed by atoms with Crippen LogP contribution in [0, 0.1) is 0 Å². The molecule has 0 bridgehead atoms. The van der Waals surface area contributed by atoms with Gasteiger partial charge in [0.1, 0.15) is 0 Å². The maximum Gasteiger partial charge on any atom is 0.330 e. The Kier molecular flexibility index (Phi) is 4.21. The maximum atomic E-state index is 12.9. The van der Waals surface area contributed by atoms with E-state index in [2.05, 4.69) is 25.5 Å². The Morgan fingerprint density at radius 3 is 3.04 bits per heavy atom. The fraction of sp³-hybridized carbons (Fsp3) is 0.167. The van der Waals surface area contributed by atoms with Gasteiger partial charge >= 0.3 is 6.03 Å². The number of urea groups is 1. The predicted molar refractivity (Wildman–Crippen MR) is 109 cm³/mol. The van der Waals surface area contributed by atoms with E-state index in [9.17, 15) is 9.59 Å². The van der Waals surface area contributed by atoms with Crippen molar-refractivity contribution >= 4 is 62.9 Å². The Morgan fingerprint density at radius 2 is 2.25 bits per heavy atom. The van der Waals surface area contributed by atoms with E-state index >= 15 is 0 Å². The average molecular weight is 410 g/mol. The Balaban J connectivity index is 1.52. The first-order valence-corrected chi connectivity index (χ1v) is 10.3. The van der Waals surface area contributed by atoms with E-state index in [0.717, 1.165) is 33.5 Å². The van der Waals surface area contributed by atoms with Crippen molar-refractivity contribution in [3.05, 3.63) is 45.9 Å². The average Bonchev–Trinajstić information content (AvgIpc) is 3.08. The van der Waals surface area contributed by atoms with Crippen molar-refractivity contribution in [2.45, 2.75) is 18.9 Å². The van der Waals surface area contributed by atoms with Gasteiger partial charge in [-0.3, -0.25) is 14.9 Å². The maximum absolute atomic E-state index is 12.9. The van der Waals surface area contributed by atoms with E-state index in [0.29, 0.717) is 15.8 Å². The molecular formula is C18H14N6O2S2. The van der Waals surface area contributed by atoms with Crippen LogP contribution in [0.25, 0.3) is 17.0 Å². The molecule has 1 saturated carbocycles. The molecule has 8 nitrogen and oxygen atoms in total. The number of benzene rings is 1. The third-order valence-electron chi connectivity index (χ3n) is 4.29. The lowest BCUT2D eigenvalue weighted by atomic mass is 10.2. The van der Waals surface area contributed by atoms with Gasteiger partial charge in [0, 0.05) is 22.5 Å². The number of thioether (sulfide) groups is 1. The van der Waals surface area contributed by atoms with Crippen molar-refractivity contribution in [3.8, 4) is 0 Å². The van der Waals surface area contributed by atoms with Gasteiger partial charge in [0.05, 0.1) is 27.8 Å². The summed E-state index contributed by atoms with van der Waals surface area (Å²) in [6.07, 6.45) is 7.02. The molecule has 3 heterocycles. The normalized spacial score (nSPS) is 19.9. The van der Waals surface area contributed by atoms with E-state index in [4.69, 9.17) is 0 Å². The van der Waals surface area contributed by atoms with Gasteiger partial charge < -0.3 is 5.32 Å². The van der Waals surface area contributed by atoms with Crippen LogP contribution in [-0.4, -0.2) is 43.2 Å². The van der Waals surface area contributed by atoms with E-state index in [1.807, 2.05) is 18.2 Å². The Labute approximate surface area is 167 Å². The largest absolute Gasteiger partial charge is 0.335 e. The summed E-state index contributed by atoms with van der Waals surface area (Å²) in [4.78, 5) is 36.6. The molecular weight excluding hydrogens is 396 g/mol. The lowest BCUT2D eigenvalue weighted by Crippen LogP contribution is -2.43. The van der Waals surface area contributed by atoms with Crippen molar-refractivity contribution in [3.63, 3.8) is 0 Å². The lowest BCUT2D eigenvalue weighted by molar-refractivity contribution is -0.120. The standard InChI is InChI=1S/C18H14N6O2S2/c25-16-15(6-13-8-19-9-27-13)28-18(24(16)17(26)21-11-3-4-11)22-12-2-1-10-7-20-23-14(10)5-12/h1-2,5-9,11H,3-4H2,(H,20,23)(H,21,26). The van der Waals surface area contributed by atoms with E-state index < -0.39 is 6.03 Å². The smallest absolute Gasteiger partial charge is 0.330 e. The molecule has 10 heteroatoms. The van der Waals surface area contributed by atoms with Gasteiger partial charge in [0.2, 0.25) is 0 Å². The number of H-pyrrole nitrogens is 1. The number of aromatic amines is 1. The zero-order valence-corrected chi connectivity index (χ0v) is 16.1. The number of hydrogen-bond acceptors (Lipinski definition) is 7. The van der Waals surface area contributed by atoms with Crippen LogP contribution in [0.3, 0.4) is 0 Å². The number of carbonyl (C=O) groups excluding carboxylic acids is 2. The summed E-state index contributed by atoms with van der Waals surface area (Å²) in [5.41, 5.74) is 3.17. The first kappa shape index (κ1) is 17.1.